The standard InChI is InChI=1S/C29H62N3O4PS/c1-6-7-8-9-10-11-12-13-14-15-16-17-18-19-20-21-22-23-24-31(29(38)30-2)25-27-35-37(33,34)36-28-26-32(3,4)5/h6-28H2,1-5H3,(H-,30,33,34,38). The average Bonchev–Trinajstić information content (AvgIpc) is 2.85. The van der Waals surface area contributed by atoms with Crippen molar-refractivity contribution in [1.82, 2.24) is 10.2 Å². The van der Waals surface area contributed by atoms with Gasteiger partial charge in [0.1, 0.15) is 13.2 Å². The molecule has 0 aromatic rings. The number of phosphoric acid groups is 1. The Morgan fingerprint density at radius 2 is 1.13 bits per heavy atom. The van der Waals surface area contributed by atoms with Crippen molar-refractivity contribution in [3.05, 3.63) is 0 Å². The fraction of sp³-hybridized carbons (Fsp3) is 0.966. The van der Waals surface area contributed by atoms with Crippen LogP contribution in [0, 0.1) is 0 Å². The molecule has 7 nitrogen and oxygen atoms in total. The second-order valence-electron chi connectivity index (χ2n) is 11.7. The molecule has 0 saturated heterocycles. The number of likely N-dealkylation sites (N-methyl/N-ethyl adjacent to an activating group) is 1. The van der Waals surface area contributed by atoms with Crippen LogP contribution in [0.1, 0.15) is 122 Å². The molecule has 1 atom stereocenters. The minimum absolute atomic E-state index is 0.0338. The van der Waals surface area contributed by atoms with Gasteiger partial charge in [-0.05, 0) is 18.6 Å². The zero-order chi connectivity index (χ0) is 28.5. The first kappa shape index (κ1) is 37.8. The smallest absolute Gasteiger partial charge is 0.268 e. The Balaban J connectivity index is 3.72. The van der Waals surface area contributed by atoms with Gasteiger partial charge in [-0.15, -0.1) is 0 Å². The molecule has 0 saturated carbocycles. The Bertz CT molecular complexity index is 605. The maximum atomic E-state index is 12.0. The van der Waals surface area contributed by atoms with E-state index in [4.69, 9.17) is 21.3 Å². The highest BCUT2D eigenvalue weighted by molar-refractivity contribution is 7.80. The second kappa shape index (κ2) is 24.5. The van der Waals surface area contributed by atoms with Crippen LogP contribution >= 0.6 is 20.0 Å². The molecule has 0 bridgehead atoms. The Labute approximate surface area is 241 Å². The number of nitrogens with one attached hydrogen (secondary N) is 1. The number of hydrogen-bond donors (Lipinski definition) is 1. The number of unbranched alkanes of at least 4 members (excludes halogenated alkanes) is 17. The minimum atomic E-state index is -4.29. The molecule has 1 N–H and O–H groups in total. The summed E-state index contributed by atoms with van der Waals surface area (Å²) in [5.41, 5.74) is 0. The Morgan fingerprint density at radius 1 is 0.737 bits per heavy atom. The SMILES string of the molecule is CCCCCCCCCCCCCCCCCCCCN(CCOP(=O)([O-])OCC[N+](C)(C)C)C(=S)NC. The lowest BCUT2D eigenvalue weighted by Gasteiger charge is -2.29. The highest BCUT2D eigenvalue weighted by atomic mass is 32.1. The monoisotopic (exact) mass is 579 g/mol. The lowest BCUT2D eigenvalue weighted by molar-refractivity contribution is -0.870. The summed E-state index contributed by atoms with van der Waals surface area (Å²) in [6, 6.07) is 0. The van der Waals surface area contributed by atoms with Crippen LogP contribution < -0.4 is 10.2 Å². The zero-order valence-corrected chi connectivity index (χ0v) is 27.4. The maximum Gasteiger partial charge on any atom is 0.268 e. The highest BCUT2D eigenvalue weighted by Crippen LogP contribution is 2.37. The van der Waals surface area contributed by atoms with Gasteiger partial charge in [-0.1, -0.05) is 116 Å². The van der Waals surface area contributed by atoms with E-state index in [-0.39, 0.29) is 13.2 Å². The van der Waals surface area contributed by atoms with Gasteiger partial charge < -0.3 is 28.6 Å². The lowest BCUT2D eigenvalue weighted by atomic mass is 10.0. The number of nitrogens with zero attached hydrogens (tertiary/aromatic N) is 2. The summed E-state index contributed by atoms with van der Waals surface area (Å²) < 4.78 is 22.6. The topological polar surface area (TPSA) is 73.9 Å². The van der Waals surface area contributed by atoms with E-state index >= 15 is 0 Å². The van der Waals surface area contributed by atoms with E-state index in [1.54, 1.807) is 7.05 Å². The first-order chi connectivity index (χ1) is 18.1. The molecule has 0 radical (unpaired) electrons. The summed E-state index contributed by atoms with van der Waals surface area (Å²) in [7, 11) is 3.45. The maximum absolute atomic E-state index is 12.0. The van der Waals surface area contributed by atoms with Crippen molar-refractivity contribution in [3.63, 3.8) is 0 Å². The van der Waals surface area contributed by atoms with Crippen molar-refractivity contribution in [2.24, 2.45) is 0 Å². The van der Waals surface area contributed by atoms with Gasteiger partial charge in [0, 0.05) is 20.1 Å². The van der Waals surface area contributed by atoms with Gasteiger partial charge in [0.25, 0.3) is 7.82 Å². The van der Waals surface area contributed by atoms with E-state index in [2.05, 4.69) is 12.2 Å². The third kappa shape index (κ3) is 26.0. The van der Waals surface area contributed by atoms with Gasteiger partial charge in [0.15, 0.2) is 5.11 Å². The first-order valence-electron chi connectivity index (χ1n) is 15.5. The molecule has 0 aliphatic heterocycles. The number of quaternary nitrogens is 1. The number of rotatable bonds is 27. The van der Waals surface area contributed by atoms with Crippen molar-refractivity contribution in [3.8, 4) is 0 Å². The van der Waals surface area contributed by atoms with Gasteiger partial charge in [-0.25, -0.2) is 0 Å². The van der Waals surface area contributed by atoms with E-state index in [0.717, 1.165) is 19.4 Å². The Hall–Kier alpha value is -0.240. The van der Waals surface area contributed by atoms with Crippen LogP contribution in [-0.2, 0) is 13.6 Å². The van der Waals surface area contributed by atoms with E-state index in [9.17, 15) is 9.46 Å². The third-order valence-electron chi connectivity index (χ3n) is 6.90. The molecule has 38 heavy (non-hydrogen) atoms. The molecular weight excluding hydrogens is 517 g/mol. The van der Waals surface area contributed by atoms with Crippen molar-refractivity contribution < 1.29 is 23.0 Å². The highest BCUT2D eigenvalue weighted by Gasteiger charge is 2.15. The zero-order valence-electron chi connectivity index (χ0n) is 25.6. The second-order valence-corrected chi connectivity index (χ2v) is 13.5. The van der Waals surface area contributed by atoms with Gasteiger partial charge in [0.2, 0.25) is 0 Å². The summed E-state index contributed by atoms with van der Waals surface area (Å²) >= 11 is 5.39. The molecule has 0 aromatic heterocycles. The molecule has 0 aliphatic carbocycles. The summed E-state index contributed by atoms with van der Waals surface area (Å²) in [5.74, 6) is 0. The predicted octanol–water partition coefficient (Wildman–Crippen LogP) is 7.04. The Morgan fingerprint density at radius 3 is 1.53 bits per heavy atom. The molecular formula is C29H62N3O4PS. The molecule has 0 fully saturated rings. The van der Waals surface area contributed by atoms with Gasteiger partial charge in [-0.2, -0.15) is 0 Å². The van der Waals surface area contributed by atoms with Crippen LogP contribution in [0.15, 0.2) is 0 Å². The molecule has 0 rings (SSSR count). The molecule has 0 heterocycles. The predicted molar refractivity (Wildman–Crippen MR) is 164 cm³/mol. The number of thiocarbonyl (C=S) groups is 1. The van der Waals surface area contributed by atoms with Crippen LogP contribution in [0.5, 0.6) is 0 Å². The lowest BCUT2D eigenvalue weighted by Crippen LogP contribution is -2.40. The van der Waals surface area contributed by atoms with Crippen molar-refractivity contribution in [2.45, 2.75) is 122 Å². The molecule has 9 heteroatoms. The molecule has 0 aliphatic rings. The molecule has 0 spiro atoms. The summed E-state index contributed by atoms with van der Waals surface area (Å²) in [6.45, 7) is 4.24. The van der Waals surface area contributed by atoms with E-state index in [1.807, 2.05) is 26.0 Å². The summed E-state index contributed by atoms with van der Waals surface area (Å²) in [6.07, 6.45) is 24.4. The van der Waals surface area contributed by atoms with Crippen LogP contribution in [0.3, 0.4) is 0 Å². The van der Waals surface area contributed by atoms with E-state index in [1.165, 1.54) is 103 Å². The fourth-order valence-electron chi connectivity index (χ4n) is 4.40. The molecule has 228 valence electrons. The van der Waals surface area contributed by atoms with Crippen LogP contribution in [0.25, 0.3) is 0 Å². The largest absolute Gasteiger partial charge is 0.756 e. The number of hydrogen-bond acceptors (Lipinski definition) is 5. The Kier molecular flexibility index (Phi) is 24.4. The van der Waals surface area contributed by atoms with Gasteiger partial charge in [0.05, 0.1) is 27.7 Å². The normalized spacial score (nSPS) is 13.4. The first-order valence-corrected chi connectivity index (χ1v) is 17.4. The summed E-state index contributed by atoms with van der Waals surface area (Å²) in [5, 5.41) is 3.61. The van der Waals surface area contributed by atoms with Crippen LogP contribution in [-0.4, -0.2) is 75.5 Å². The van der Waals surface area contributed by atoms with Crippen LogP contribution in [0.4, 0.5) is 0 Å². The van der Waals surface area contributed by atoms with Crippen molar-refractivity contribution in [1.29, 1.82) is 0 Å². The van der Waals surface area contributed by atoms with Crippen molar-refractivity contribution >= 4 is 25.2 Å². The quantitative estimate of drug-likeness (QED) is 0.0484. The molecule has 0 aromatic carbocycles. The summed E-state index contributed by atoms with van der Waals surface area (Å²) in [4.78, 5) is 14.0. The van der Waals surface area contributed by atoms with Gasteiger partial charge >= 0.3 is 0 Å². The fourth-order valence-corrected chi connectivity index (χ4v) is 5.27. The van der Waals surface area contributed by atoms with Crippen molar-refractivity contribution in [2.75, 3.05) is 61.0 Å². The molecule has 1 unspecified atom stereocenters. The minimum Gasteiger partial charge on any atom is -0.756 e. The number of phosphoric ester groups is 1. The average molecular weight is 580 g/mol. The molecule has 0 amide bonds. The van der Waals surface area contributed by atoms with Gasteiger partial charge in [-0.3, -0.25) is 4.57 Å². The van der Waals surface area contributed by atoms with Crippen LogP contribution in [0.2, 0.25) is 0 Å². The van der Waals surface area contributed by atoms with E-state index < -0.39 is 7.82 Å². The third-order valence-corrected chi connectivity index (χ3v) is 8.36. The van der Waals surface area contributed by atoms with E-state index in [0.29, 0.717) is 22.7 Å².